The van der Waals surface area contributed by atoms with Gasteiger partial charge in [-0.3, -0.25) is 0 Å². The molecule has 2 aromatic rings. The predicted octanol–water partition coefficient (Wildman–Crippen LogP) is 3.44. The molecule has 2 rings (SSSR count). The standard InChI is InChI=1S/C13H13FN2O/c1-2-15-12-7-4-8-13(16-12)17-11-6-3-5-10(14)9-11/h3-9H,2H2,1H3,(H,15,16). The van der Waals surface area contributed by atoms with Crippen molar-refractivity contribution < 1.29 is 9.13 Å². The molecule has 1 heterocycles. The summed E-state index contributed by atoms with van der Waals surface area (Å²) in [5, 5.41) is 3.08. The Labute approximate surface area is 99.3 Å². The summed E-state index contributed by atoms with van der Waals surface area (Å²) in [6.45, 7) is 2.78. The Kier molecular flexibility index (Phi) is 3.55. The first-order chi connectivity index (χ1) is 8.28. The highest BCUT2D eigenvalue weighted by Crippen LogP contribution is 2.21. The molecule has 4 heteroatoms. The molecule has 0 spiro atoms. The van der Waals surface area contributed by atoms with Gasteiger partial charge in [-0.05, 0) is 25.1 Å². The highest BCUT2D eigenvalue weighted by molar-refractivity contribution is 5.38. The van der Waals surface area contributed by atoms with Crippen LogP contribution in [-0.4, -0.2) is 11.5 Å². The molecule has 1 aromatic carbocycles. The predicted molar refractivity (Wildman–Crippen MR) is 64.9 cm³/mol. The monoisotopic (exact) mass is 232 g/mol. The van der Waals surface area contributed by atoms with E-state index in [1.54, 1.807) is 18.2 Å². The first-order valence-corrected chi connectivity index (χ1v) is 5.42. The topological polar surface area (TPSA) is 34.1 Å². The molecular weight excluding hydrogens is 219 g/mol. The molecule has 3 nitrogen and oxygen atoms in total. The summed E-state index contributed by atoms with van der Waals surface area (Å²) in [6, 6.07) is 11.4. The van der Waals surface area contributed by atoms with E-state index in [1.807, 2.05) is 19.1 Å². The SMILES string of the molecule is CCNc1cccc(Oc2cccc(F)c2)n1. The molecule has 0 radical (unpaired) electrons. The first-order valence-electron chi connectivity index (χ1n) is 5.42. The number of ether oxygens (including phenoxy) is 1. The molecule has 0 saturated heterocycles. The third kappa shape index (κ3) is 3.17. The van der Waals surface area contributed by atoms with Crippen LogP contribution in [0.1, 0.15) is 6.92 Å². The molecule has 0 unspecified atom stereocenters. The molecule has 0 fully saturated rings. The van der Waals surface area contributed by atoms with Gasteiger partial charge in [0.15, 0.2) is 0 Å². The van der Waals surface area contributed by atoms with Crippen molar-refractivity contribution in [2.24, 2.45) is 0 Å². The Bertz CT molecular complexity index is 502. The van der Waals surface area contributed by atoms with Crippen LogP contribution in [0.5, 0.6) is 11.6 Å². The Hall–Kier alpha value is -2.10. The third-order valence-electron chi connectivity index (χ3n) is 2.10. The molecule has 88 valence electrons. The van der Waals surface area contributed by atoms with E-state index in [0.29, 0.717) is 11.6 Å². The smallest absolute Gasteiger partial charge is 0.221 e. The lowest BCUT2D eigenvalue weighted by atomic mass is 10.3. The molecule has 0 bridgehead atoms. The lowest BCUT2D eigenvalue weighted by Crippen LogP contribution is -1.99. The number of hydrogen-bond acceptors (Lipinski definition) is 3. The number of aromatic nitrogens is 1. The summed E-state index contributed by atoms with van der Waals surface area (Å²) in [5.74, 6) is 1.28. The average Bonchev–Trinajstić information content (AvgIpc) is 2.30. The van der Waals surface area contributed by atoms with Crippen molar-refractivity contribution in [2.45, 2.75) is 6.92 Å². The minimum atomic E-state index is -0.328. The summed E-state index contributed by atoms with van der Waals surface area (Å²) in [6.07, 6.45) is 0. The molecule has 0 saturated carbocycles. The van der Waals surface area contributed by atoms with Gasteiger partial charge < -0.3 is 10.1 Å². The van der Waals surface area contributed by atoms with Crippen molar-refractivity contribution in [3.63, 3.8) is 0 Å². The van der Waals surface area contributed by atoms with Gasteiger partial charge in [-0.2, -0.15) is 4.98 Å². The van der Waals surface area contributed by atoms with Gasteiger partial charge in [-0.1, -0.05) is 12.1 Å². The Morgan fingerprint density at radius 3 is 2.82 bits per heavy atom. The third-order valence-corrected chi connectivity index (χ3v) is 2.10. The minimum absolute atomic E-state index is 0.328. The molecule has 17 heavy (non-hydrogen) atoms. The number of anilines is 1. The summed E-state index contributed by atoms with van der Waals surface area (Å²) in [4.78, 5) is 4.23. The maximum absolute atomic E-state index is 13.0. The second-order valence-electron chi connectivity index (χ2n) is 3.45. The van der Waals surface area contributed by atoms with E-state index < -0.39 is 0 Å². The van der Waals surface area contributed by atoms with Gasteiger partial charge in [0.1, 0.15) is 17.4 Å². The van der Waals surface area contributed by atoms with Crippen molar-refractivity contribution >= 4 is 5.82 Å². The number of nitrogens with one attached hydrogen (secondary N) is 1. The zero-order valence-corrected chi connectivity index (χ0v) is 9.48. The van der Waals surface area contributed by atoms with E-state index in [0.717, 1.165) is 12.4 Å². The first kappa shape index (κ1) is 11.4. The van der Waals surface area contributed by atoms with E-state index in [2.05, 4.69) is 10.3 Å². The van der Waals surface area contributed by atoms with E-state index in [-0.39, 0.29) is 5.82 Å². The summed E-state index contributed by atoms with van der Waals surface area (Å²) in [7, 11) is 0. The van der Waals surface area contributed by atoms with E-state index in [9.17, 15) is 4.39 Å². The van der Waals surface area contributed by atoms with Gasteiger partial charge in [0.2, 0.25) is 5.88 Å². The molecule has 0 aliphatic rings. The van der Waals surface area contributed by atoms with Gasteiger partial charge in [-0.15, -0.1) is 0 Å². The molecule has 0 amide bonds. The molecule has 1 aromatic heterocycles. The van der Waals surface area contributed by atoms with Crippen LogP contribution in [0.4, 0.5) is 10.2 Å². The normalized spacial score (nSPS) is 10.0. The highest BCUT2D eigenvalue weighted by Gasteiger charge is 2.01. The maximum Gasteiger partial charge on any atom is 0.221 e. The van der Waals surface area contributed by atoms with E-state index in [4.69, 9.17) is 4.74 Å². The van der Waals surface area contributed by atoms with Gasteiger partial charge in [-0.25, -0.2) is 4.39 Å². The lowest BCUT2D eigenvalue weighted by Gasteiger charge is -2.07. The molecule has 0 aliphatic heterocycles. The van der Waals surface area contributed by atoms with Crippen molar-refractivity contribution in [3.05, 3.63) is 48.3 Å². The van der Waals surface area contributed by atoms with Crippen LogP contribution in [0.3, 0.4) is 0 Å². The number of hydrogen-bond donors (Lipinski definition) is 1. The van der Waals surface area contributed by atoms with Crippen molar-refractivity contribution in [1.82, 2.24) is 4.98 Å². The quantitative estimate of drug-likeness (QED) is 0.876. The van der Waals surface area contributed by atoms with Crippen molar-refractivity contribution in [3.8, 4) is 11.6 Å². The second-order valence-corrected chi connectivity index (χ2v) is 3.45. The van der Waals surface area contributed by atoms with Gasteiger partial charge >= 0.3 is 0 Å². The summed E-state index contributed by atoms with van der Waals surface area (Å²) >= 11 is 0. The van der Waals surface area contributed by atoms with Crippen LogP contribution in [0, 0.1) is 5.82 Å². The Morgan fingerprint density at radius 1 is 1.24 bits per heavy atom. The van der Waals surface area contributed by atoms with Crippen LogP contribution in [0.15, 0.2) is 42.5 Å². The number of benzene rings is 1. The summed E-state index contributed by atoms with van der Waals surface area (Å²) in [5.41, 5.74) is 0. The molecule has 1 N–H and O–H groups in total. The number of rotatable bonds is 4. The van der Waals surface area contributed by atoms with E-state index >= 15 is 0 Å². The highest BCUT2D eigenvalue weighted by atomic mass is 19.1. The maximum atomic E-state index is 13.0. The lowest BCUT2D eigenvalue weighted by molar-refractivity contribution is 0.459. The van der Waals surface area contributed by atoms with Gasteiger partial charge in [0, 0.05) is 18.7 Å². The molecule has 0 atom stereocenters. The van der Waals surface area contributed by atoms with Crippen LogP contribution < -0.4 is 10.1 Å². The minimum Gasteiger partial charge on any atom is -0.439 e. The molecule has 0 aliphatic carbocycles. The fourth-order valence-corrected chi connectivity index (χ4v) is 1.40. The van der Waals surface area contributed by atoms with Crippen LogP contribution in [0.2, 0.25) is 0 Å². The van der Waals surface area contributed by atoms with Crippen molar-refractivity contribution in [1.29, 1.82) is 0 Å². The average molecular weight is 232 g/mol. The van der Waals surface area contributed by atoms with Crippen LogP contribution in [0.25, 0.3) is 0 Å². The van der Waals surface area contributed by atoms with Crippen LogP contribution >= 0.6 is 0 Å². The van der Waals surface area contributed by atoms with Crippen LogP contribution in [-0.2, 0) is 0 Å². The van der Waals surface area contributed by atoms with Gasteiger partial charge in [0.05, 0.1) is 0 Å². The Balaban J connectivity index is 2.15. The van der Waals surface area contributed by atoms with Gasteiger partial charge in [0.25, 0.3) is 0 Å². The second kappa shape index (κ2) is 5.30. The molecular formula is C13H13FN2O. The fourth-order valence-electron chi connectivity index (χ4n) is 1.40. The zero-order valence-electron chi connectivity index (χ0n) is 9.48. The number of pyridine rings is 1. The van der Waals surface area contributed by atoms with E-state index in [1.165, 1.54) is 12.1 Å². The largest absolute Gasteiger partial charge is 0.439 e. The Morgan fingerprint density at radius 2 is 2.06 bits per heavy atom. The number of nitrogens with zero attached hydrogens (tertiary/aromatic N) is 1. The van der Waals surface area contributed by atoms with Crippen molar-refractivity contribution in [2.75, 3.05) is 11.9 Å². The summed E-state index contributed by atoms with van der Waals surface area (Å²) < 4.78 is 18.4. The fraction of sp³-hybridized carbons (Fsp3) is 0.154. The number of halogens is 1. The zero-order chi connectivity index (χ0) is 12.1.